The van der Waals surface area contributed by atoms with E-state index in [1.54, 1.807) is 16.4 Å². The summed E-state index contributed by atoms with van der Waals surface area (Å²) in [7, 11) is -3.64. The first-order valence-electron chi connectivity index (χ1n) is 9.50. The Morgan fingerprint density at radius 2 is 1.78 bits per heavy atom. The van der Waals surface area contributed by atoms with Crippen molar-refractivity contribution < 1.29 is 8.42 Å². The molecule has 2 aromatic carbocycles. The molecule has 0 saturated heterocycles. The third-order valence-electron chi connectivity index (χ3n) is 5.81. The summed E-state index contributed by atoms with van der Waals surface area (Å²) in [4.78, 5) is 0.336. The highest BCUT2D eigenvalue weighted by atomic mass is 32.2. The van der Waals surface area contributed by atoms with Gasteiger partial charge in [0.2, 0.25) is 0 Å². The molecule has 4 heteroatoms. The topological polar surface area (TPSA) is 37.4 Å². The third-order valence-corrected chi connectivity index (χ3v) is 7.59. The number of hydrogen-bond acceptors (Lipinski definition) is 2. The fraction of sp³-hybridized carbons (Fsp3) is 0.304. The van der Waals surface area contributed by atoms with E-state index in [0.29, 0.717) is 11.4 Å². The van der Waals surface area contributed by atoms with Crippen molar-refractivity contribution in [3.05, 3.63) is 78.4 Å². The van der Waals surface area contributed by atoms with Crippen molar-refractivity contribution in [1.82, 2.24) is 0 Å². The zero-order valence-corrected chi connectivity index (χ0v) is 16.5. The van der Waals surface area contributed by atoms with Gasteiger partial charge in [-0.3, -0.25) is 4.31 Å². The number of allylic oxidation sites excluding steroid dienone is 1. The molecule has 0 bridgehead atoms. The summed E-state index contributed by atoms with van der Waals surface area (Å²) < 4.78 is 28.7. The molecule has 1 heterocycles. The molecule has 2 aromatic rings. The van der Waals surface area contributed by atoms with Crippen LogP contribution in [0, 0.1) is 12.3 Å². The lowest BCUT2D eigenvalue weighted by Gasteiger charge is -2.44. The molecule has 3 nitrogen and oxygen atoms in total. The van der Waals surface area contributed by atoms with E-state index in [-0.39, 0.29) is 5.41 Å². The molecule has 0 unspecified atom stereocenters. The molecular formula is C23H25NO2S. The molecule has 1 spiro atoms. The van der Waals surface area contributed by atoms with Gasteiger partial charge in [0.15, 0.2) is 0 Å². The number of anilines is 1. The van der Waals surface area contributed by atoms with Crippen molar-refractivity contribution in [1.29, 1.82) is 0 Å². The standard InChI is InChI=1S/C23H25NO2S/c1-18-11-13-20(14-12-18)27(25,26)24-17-23(15-7-3-4-8-16-23)19(2)21-9-5-6-10-22(21)24/h5-7,9-15H,2-4,8,16-17H2,1H3/t23-/m1/s1. The van der Waals surface area contributed by atoms with Crippen molar-refractivity contribution in [3.8, 4) is 0 Å². The SMILES string of the molecule is C=C1c2ccccc2N(S(=O)(=O)c2ccc(C)cc2)C[C@]12C=CCCCC2. The predicted molar refractivity (Wildman–Crippen MR) is 111 cm³/mol. The second kappa shape index (κ2) is 6.68. The molecule has 1 aliphatic heterocycles. The van der Waals surface area contributed by atoms with Gasteiger partial charge >= 0.3 is 0 Å². The second-order valence-electron chi connectivity index (χ2n) is 7.62. The Kier molecular flexibility index (Phi) is 4.47. The lowest BCUT2D eigenvalue weighted by molar-refractivity contribution is 0.455. The summed E-state index contributed by atoms with van der Waals surface area (Å²) in [5.41, 5.74) is 3.41. The highest BCUT2D eigenvalue weighted by Crippen LogP contribution is 2.50. The van der Waals surface area contributed by atoms with E-state index in [4.69, 9.17) is 0 Å². The number of nitrogens with zero attached hydrogens (tertiary/aromatic N) is 1. The van der Waals surface area contributed by atoms with E-state index < -0.39 is 10.0 Å². The molecule has 27 heavy (non-hydrogen) atoms. The van der Waals surface area contributed by atoms with E-state index in [1.807, 2.05) is 43.3 Å². The van der Waals surface area contributed by atoms with Crippen LogP contribution in [-0.4, -0.2) is 15.0 Å². The summed E-state index contributed by atoms with van der Waals surface area (Å²) in [6.45, 7) is 6.77. The summed E-state index contributed by atoms with van der Waals surface area (Å²) in [5.74, 6) is 0. The fourth-order valence-corrected chi connectivity index (χ4v) is 5.73. The molecule has 1 atom stereocenters. The highest BCUT2D eigenvalue weighted by molar-refractivity contribution is 7.92. The van der Waals surface area contributed by atoms with Crippen LogP contribution in [0.2, 0.25) is 0 Å². The normalized spacial score (nSPS) is 22.6. The van der Waals surface area contributed by atoms with Crippen molar-refractivity contribution in [2.24, 2.45) is 5.41 Å². The zero-order valence-electron chi connectivity index (χ0n) is 15.7. The van der Waals surface area contributed by atoms with Gasteiger partial charge in [-0.15, -0.1) is 0 Å². The minimum absolute atomic E-state index is 0.331. The quantitative estimate of drug-likeness (QED) is 0.661. The predicted octanol–water partition coefficient (Wildman–Crippen LogP) is 5.33. The summed E-state index contributed by atoms with van der Waals surface area (Å²) >= 11 is 0. The van der Waals surface area contributed by atoms with Crippen LogP contribution in [0.5, 0.6) is 0 Å². The van der Waals surface area contributed by atoms with Crippen LogP contribution in [0.25, 0.3) is 5.57 Å². The molecule has 0 radical (unpaired) electrons. The number of rotatable bonds is 2. The largest absolute Gasteiger partial charge is 0.265 e. The number of hydrogen-bond donors (Lipinski definition) is 0. The van der Waals surface area contributed by atoms with E-state index in [1.165, 1.54) is 0 Å². The first-order chi connectivity index (χ1) is 12.9. The van der Waals surface area contributed by atoms with Crippen molar-refractivity contribution >= 4 is 21.3 Å². The molecule has 0 N–H and O–H groups in total. The van der Waals surface area contributed by atoms with Gasteiger partial charge in [0.25, 0.3) is 10.0 Å². The molecule has 0 amide bonds. The minimum Gasteiger partial charge on any atom is -0.265 e. The van der Waals surface area contributed by atoms with Crippen LogP contribution < -0.4 is 4.31 Å². The summed E-state index contributed by atoms with van der Waals surface area (Å²) in [6, 6.07) is 14.8. The van der Waals surface area contributed by atoms with E-state index in [2.05, 4.69) is 18.7 Å². The van der Waals surface area contributed by atoms with Crippen LogP contribution in [0.15, 0.2) is 72.2 Å². The van der Waals surface area contributed by atoms with Crippen molar-refractivity contribution in [2.45, 2.75) is 37.5 Å². The fourth-order valence-electron chi connectivity index (χ4n) is 4.18. The lowest BCUT2D eigenvalue weighted by Crippen LogP contribution is -2.44. The van der Waals surface area contributed by atoms with Gasteiger partial charge in [-0.2, -0.15) is 0 Å². The van der Waals surface area contributed by atoms with Crippen molar-refractivity contribution in [2.75, 3.05) is 10.8 Å². The van der Waals surface area contributed by atoms with Gasteiger partial charge in [-0.1, -0.05) is 61.0 Å². The Hall–Kier alpha value is -2.33. The maximum absolute atomic E-state index is 13.6. The van der Waals surface area contributed by atoms with Gasteiger partial charge in [-0.05, 0) is 50.0 Å². The molecule has 1 aliphatic carbocycles. The second-order valence-corrected chi connectivity index (χ2v) is 9.49. The van der Waals surface area contributed by atoms with Crippen molar-refractivity contribution in [3.63, 3.8) is 0 Å². The number of fused-ring (bicyclic) bond motifs is 1. The Labute approximate surface area is 162 Å². The average Bonchev–Trinajstić information content (AvgIpc) is 2.91. The van der Waals surface area contributed by atoms with Crippen LogP contribution in [0.4, 0.5) is 5.69 Å². The Morgan fingerprint density at radius 3 is 2.56 bits per heavy atom. The summed E-state index contributed by atoms with van der Waals surface area (Å²) in [5, 5.41) is 0. The molecule has 0 aromatic heterocycles. The third kappa shape index (κ3) is 3.02. The van der Waals surface area contributed by atoms with Gasteiger partial charge in [-0.25, -0.2) is 8.42 Å². The number of benzene rings is 2. The molecule has 140 valence electrons. The number of aryl methyl sites for hydroxylation is 1. The molecule has 0 fully saturated rings. The Morgan fingerprint density at radius 1 is 1.04 bits per heavy atom. The molecular weight excluding hydrogens is 354 g/mol. The number of sulfonamides is 1. The van der Waals surface area contributed by atoms with Crippen LogP contribution >= 0.6 is 0 Å². The number of para-hydroxylation sites is 1. The van der Waals surface area contributed by atoms with Gasteiger partial charge in [0.05, 0.1) is 10.6 Å². The molecule has 2 aliphatic rings. The minimum atomic E-state index is -3.64. The summed E-state index contributed by atoms with van der Waals surface area (Å²) in [6.07, 6.45) is 8.58. The van der Waals surface area contributed by atoms with Gasteiger partial charge in [0, 0.05) is 17.5 Å². The van der Waals surface area contributed by atoms with E-state index in [9.17, 15) is 8.42 Å². The zero-order chi connectivity index (χ0) is 19.1. The maximum Gasteiger partial charge on any atom is 0.264 e. The average molecular weight is 380 g/mol. The first kappa shape index (κ1) is 18.1. The van der Waals surface area contributed by atoms with E-state index >= 15 is 0 Å². The Bertz CT molecular complexity index is 1000. The maximum atomic E-state index is 13.6. The van der Waals surface area contributed by atoms with Crippen LogP contribution in [-0.2, 0) is 10.0 Å². The first-order valence-corrected chi connectivity index (χ1v) is 10.9. The van der Waals surface area contributed by atoms with E-state index in [0.717, 1.165) is 48.1 Å². The van der Waals surface area contributed by atoms with Crippen LogP contribution in [0.1, 0.15) is 36.8 Å². The monoisotopic (exact) mass is 379 g/mol. The smallest absolute Gasteiger partial charge is 0.264 e. The lowest BCUT2D eigenvalue weighted by atomic mass is 9.72. The van der Waals surface area contributed by atoms with Gasteiger partial charge < -0.3 is 0 Å². The Balaban J connectivity index is 1.88. The van der Waals surface area contributed by atoms with Gasteiger partial charge in [0.1, 0.15) is 0 Å². The highest BCUT2D eigenvalue weighted by Gasteiger charge is 2.43. The van der Waals surface area contributed by atoms with Crippen LogP contribution in [0.3, 0.4) is 0 Å². The molecule has 0 saturated carbocycles. The molecule has 4 rings (SSSR count).